The minimum Gasteiger partial charge on any atom is -0.355 e. The van der Waals surface area contributed by atoms with Crippen LogP contribution < -0.4 is 4.72 Å². The second-order valence-electron chi connectivity index (χ2n) is 3.62. The Balaban J connectivity index is 3.03. The largest absolute Gasteiger partial charge is 0.355 e. The van der Waals surface area contributed by atoms with Gasteiger partial charge in [-0.2, -0.15) is 0 Å². The lowest BCUT2D eigenvalue weighted by molar-refractivity contribution is -0.385. The van der Waals surface area contributed by atoms with Crippen LogP contribution in [0.3, 0.4) is 0 Å². The van der Waals surface area contributed by atoms with Gasteiger partial charge in [-0.15, -0.1) is 0 Å². The number of nitro groups is 1. The van der Waals surface area contributed by atoms with E-state index in [2.05, 4.69) is 0 Å². The summed E-state index contributed by atoms with van der Waals surface area (Å²) in [5.41, 5.74) is -0.526. The summed E-state index contributed by atoms with van der Waals surface area (Å²) in [6, 6.07) is 2.24. The highest BCUT2D eigenvalue weighted by atomic mass is 32.2. The van der Waals surface area contributed by atoms with Crippen molar-refractivity contribution in [1.82, 2.24) is 4.72 Å². The van der Waals surface area contributed by atoms with Crippen LogP contribution in [0.4, 0.5) is 10.1 Å². The number of hydrogen-bond acceptors (Lipinski definition) is 6. The molecule has 1 aromatic carbocycles. The molecule has 1 N–H and O–H groups in total. The van der Waals surface area contributed by atoms with Crippen LogP contribution >= 0.6 is 0 Å². The van der Waals surface area contributed by atoms with Gasteiger partial charge >= 0.3 is 0 Å². The van der Waals surface area contributed by atoms with Crippen LogP contribution in [-0.2, 0) is 19.5 Å². The zero-order valence-corrected chi connectivity index (χ0v) is 11.5. The second-order valence-corrected chi connectivity index (χ2v) is 5.36. The number of ether oxygens (including phenoxy) is 2. The molecule has 112 valence electrons. The van der Waals surface area contributed by atoms with Crippen molar-refractivity contribution in [3.8, 4) is 0 Å². The Morgan fingerprint density at radius 3 is 2.50 bits per heavy atom. The third-order valence-electron chi connectivity index (χ3n) is 2.38. The van der Waals surface area contributed by atoms with E-state index in [0.717, 1.165) is 12.1 Å². The standard InChI is InChI=1S/C10H13FN2O6S/c1-18-10(19-2)6-12-20(16,17)9-5-7(13(14)15)3-4-8(9)11/h3-5,10,12H,6H2,1-2H3. The smallest absolute Gasteiger partial charge is 0.270 e. The number of nitrogens with zero attached hydrogens (tertiary/aromatic N) is 1. The van der Waals surface area contributed by atoms with Gasteiger partial charge in [0.05, 0.1) is 11.5 Å². The van der Waals surface area contributed by atoms with Gasteiger partial charge in [0.25, 0.3) is 5.69 Å². The molecule has 1 aromatic rings. The van der Waals surface area contributed by atoms with Crippen LogP contribution in [0.1, 0.15) is 0 Å². The first-order valence-electron chi connectivity index (χ1n) is 5.31. The lowest BCUT2D eigenvalue weighted by Gasteiger charge is -2.14. The maximum Gasteiger partial charge on any atom is 0.270 e. The third kappa shape index (κ3) is 3.93. The second kappa shape index (κ2) is 6.70. The molecule has 8 nitrogen and oxygen atoms in total. The first kappa shape index (κ1) is 16.4. The van der Waals surface area contributed by atoms with Gasteiger partial charge < -0.3 is 9.47 Å². The Kier molecular flexibility index (Phi) is 5.51. The summed E-state index contributed by atoms with van der Waals surface area (Å²) in [7, 11) is -1.65. The number of halogens is 1. The lowest BCUT2D eigenvalue weighted by atomic mass is 10.3. The first-order valence-corrected chi connectivity index (χ1v) is 6.79. The fraction of sp³-hybridized carbons (Fsp3) is 0.400. The van der Waals surface area contributed by atoms with Gasteiger partial charge in [-0.1, -0.05) is 0 Å². The van der Waals surface area contributed by atoms with E-state index < -0.39 is 37.6 Å². The zero-order valence-electron chi connectivity index (χ0n) is 10.7. The Morgan fingerprint density at radius 2 is 2.00 bits per heavy atom. The quantitative estimate of drug-likeness (QED) is 0.450. The number of benzene rings is 1. The van der Waals surface area contributed by atoms with Gasteiger partial charge in [0, 0.05) is 26.4 Å². The topological polar surface area (TPSA) is 108 Å². The third-order valence-corrected chi connectivity index (χ3v) is 3.82. The molecule has 0 aromatic heterocycles. The molecule has 10 heteroatoms. The molecule has 0 aliphatic heterocycles. The Morgan fingerprint density at radius 1 is 1.40 bits per heavy atom. The molecule has 0 aliphatic rings. The Bertz CT molecular complexity index is 587. The fourth-order valence-electron chi connectivity index (χ4n) is 1.33. The molecule has 0 saturated carbocycles. The van der Waals surface area contributed by atoms with Crippen LogP contribution in [0.2, 0.25) is 0 Å². The van der Waals surface area contributed by atoms with Crippen molar-refractivity contribution in [2.24, 2.45) is 0 Å². The molecule has 0 spiro atoms. The molecule has 0 saturated heterocycles. The van der Waals surface area contributed by atoms with E-state index >= 15 is 0 Å². The molecular formula is C10H13FN2O6S. The van der Waals surface area contributed by atoms with Crippen molar-refractivity contribution in [3.05, 3.63) is 34.1 Å². The summed E-state index contributed by atoms with van der Waals surface area (Å²) in [5.74, 6) is -1.09. The van der Waals surface area contributed by atoms with Gasteiger partial charge in [0.15, 0.2) is 6.29 Å². The highest BCUT2D eigenvalue weighted by Gasteiger charge is 2.23. The molecule has 0 unspecified atom stereocenters. The number of rotatable bonds is 7. The maximum absolute atomic E-state index is 13.5. The molecule has 0 fully saturated rings. The Hall–Kier alpha value is -1.62. The molecule has 1 rings (SSSR count). The van der Waals surface area contributed by atoms with Crippen LogP contribution in [0.5, 0.6) is 0 Å². The van der Waals surface area contributed by atoms with Gasteiger partial charge in [0.2, 0.25) is 10.0 Å². The summed E-state index contributed by atoms with van der Waals surface area (Å²) in [6.45, 7) is -0.266. The highest BCUT2D eigenvalue weighted by Crippen LogP contribution is 2.20. The zero-order chi connectivity index (χ0) is 15.3. The maximum atomic E-state index is 13.5. The van der Waals surface area contributed by atoms with Gasteiger partial charge in [-0.05, 0) is 6.07 Å². The van der Waals surface area contributed by atoms with E-state index in [1.807, 2.05) is 4.72 Å². The van der Waals surface area contributed by atoms with E-state index in [4.69, 9.17) is 9.47 Å². The van der Waals surface area contributed by atoms with Crippen molar-refractivity contribution in [2.75, 3.05) is 20.8 Å². The van der Waals surface area contributed by atoms with E-state index in [-0.39, 0.29) is 6.54 Å². The lowest BCUT2D eigenvalue weighted by Crippen LogP contribution is -2.34. The number of nitro benzene ring substituents is 1. The van der Waals surface area contributed by atoms with Gasteiger partial charge in [-0.25, -0.2) is 17.5 Å². The summed E-state index contributed by atoms with van der Waals surface area (Å²) >= 11 is 0. The summed E-state index contributed by atoms with van der Waals surface area (Å²) < 4.78 is 48.9. The summed E-state index contributed by atoms with van der Waals surface area (Å²) in [6.07, 6.45) is -0.855. The fourth-order valence-corrected chi connectivity index (χ4v) is 2.44. The SMILES string of the molecule is COC(CNS(=O)(=O)c1cc([N+](=O)[O-])ccc1F)OC. The van der Waals surface area contributed by atoms with Crippen LogP contribution in [0.25, 0.3) is 0 Å². The molecule has 0 amide bonds. The number of methoxy groups -OCH3 is 2. The minimum absolute atomic E-state index is 0.266. The molecule has 0 aliphatic carbocycles. The van der Waals surface area contributed by atoms with Crippen LogP contribution in [0, 0.1) is 15.9 Å². The summed E-state index contributed by atoms with van der Waals surface area (Å²) in [5, 5.41) is 10.6. The average Bonchev–Trinajstić information content (AvgIpc) is 2.39. The summed E-state index contributed by atoms with van der Waals surface area (Å²) in [4.78, 5) is 8.96. The molecule has 0 atom stereocenters. The first-order chi connectivity index (χ1) is 9.31. The van der Waals surface area contributed by atoms with E-state index in [9.17, 15) is 22.9 Å². The molecule has 20 heavy (non-hydrogen) atoms. The average molecular weight is 308 g/mol. The van der Waals surface area contributed by atoms with Gasteiger partial charge in [-0.3, -0.25) is 10.1 Å². The number of sulfonamides is 1. The number of nitrogens with one attached hydrogen (secondary N) is 1. The predicted molar refractivity (Wildman–Crippen MR) is 66.0 cm³/mol. The highest BCUT2D eigenvalue weighted by molar-refractivity contribution is 7.89. The predicted octanol–water partition coefficient (Wildman–Crippen LogP) is 0.631. The molecular weight excluding hydrogens is 295 g/mol. The monoisotopic (exact) mass is 308 g/mol. The molecule has 0 radical (unpaired) electrons. The van der Waals surface area contributed by atoms with E-state index in [0.29, 0.717) is 6.07 Å². The minimum atomic E-state index is -4.25. The van der Waals surface area contributed by atoms with Crippen molar-refractivity contribution in [3.63, 3.8) is 0 Å². The molecule has 0 bridgehead atoms. The van der Waals surface area contributed by atoms with E-state index in [1.54, 1.807) is 0 Å². The molecule has 0 heterocycles. The van der Waals surface area contributed by atoms with Crippen molar-refractivity contribution >= 4 is 15.7 Å². The van der Waals surface area contributed by atoms with Crippen LogP contribution in [0.15, 0.2) is 23.1 Å². The number of hydrogen-bond donors (Lipinski definition) is 1. The van der Waals surface area contributed by atoms with Crippen molar-refractivity contribution in [1.29, 1.82) is 0 Å². The van der Waals surface area contributed by atoms with Crippen molar-refractivity contribution < 1.29 is 27.2 Å². The van der Waals surface area contributed by atoms with Gasteiger partial charge in [0.1, 0.15) is 10.7 Å². The van der Waals surface area contributed by atoms with E-state index in [1.165, 1.54) is 14.2 Å². The Labute approximate surface area is 114 Å². The number of non-ortho nitro benzene ring substituents is 1. The van der Waals surface area contributed by atoms with Crippen molar-refractivity contribution in [2.45, 2.75) is 11.2 Å². The normalized spacial score (nSPS) is 11.8. The van der Waals surface area contributed by atoms with Crippen LogP contribution in [-0.4, -0.2) is 40.4 Å².